The zero-order chi connectivity index (χ0) is 21.1. The Morgan fingerprint density at radius 2 is 1.31 bits per heavy atom. The fourth-order valence-electron chi connectivity index (χ4n) is 3.20. The molecule has 1 saturated heterocycles. The van der Waals surface area contributed by atoms with Gasteiger partial charge in [0.1, 0.15) is 0 Å². The molecule has 0 aliphatic carbocycles. The summed E-state index contributed by atoms with van der Waals surface area (Å²) < 4.78 is 50.1. The Morgan fingerprint density at radius 3 is 1.83 bits per heavy atom. The van der Waals surface area contributed by atoms with Crippen molar-refractivity contribution in [3.63, 3.8) is 0 Å². The molecule has 7 nitrogen and oxygen atoms in total. The molecule has 156 valence electrons. The van der Waals surface area contributed by atoms with Crippen LogP contribution in [0.2, 0.25) is 0 Å². The van der Waals surface area contributed by atoms with Gasteiger partial charge in [-0.3, -0.25) is 4.79 Å². The summed E-state index contributed by atoms with van der Waals surface area (Å²) in [6, 6.07) is 11.7. The molecule has 1 amide bonds. The van der Waals surface area contributed by atoms with Crippen LogP contribution in [0.25, 0.3) is 0 Å². The van der Waals surface area contributed by atoms with E-state index in [1.807, 2.05) is 0 Å². The Balaban J connectivity index is 1.71. The van der Waals surface area contributed by atoms with Gasteiger partial charge in [-0.15, -0.1) is 0 Å². The van der Waals surface area contributed by atoms with E-state index < -0.39 is 25.8 Å². The number of hydrogen-bond donors (Lipinski definition) is 1. The third-order valence-corrected chi connectivity index (χ3v) is 7.90. The van der Waals surface area contributed by atoms with Crippen molar-refractivity contribution < 1.29 is 21.6 Å². The SMILES string of the molecule is CS(=O)(=O)c1ccc(C(=O)Nc2ccc(S(=O)(=O)N3CCCCCC3)cc2)cc1. The second-order valence-corrected chi connectivity index (χ2v) is 11.0. The molecule has 0 unspecified atom stereocenters. The van der Waals surface area contributed by atoms with E-state index in [-0.39, 0.29) is 9.79 Å². The van der Waals surface area contributed by atoms with Crippen molar-refractivity contribution in [2.75, 3.05) is 24.7 Å². The molecule has 2 aromatic carbocycles. The van der Waals surface area contributed by atoms with Gasteiger partial charge >= 0.3 is 0 Å². The van der Waals surface area contributed by atoms with Crippen molar-refractivity contribution in [2.24, 2.45) is 0 Å². The highest BCUT2D eigenvalue weighted by molar-refractivity contribution is 7.90. The molecular weight excluding hydrogens is 412 g/mol. The third-order valence-electron chi connectivity index (χ3n) is 4.86. The van der Waals surface area contributed by atoms with Crippen LogP contribution in [-0.2, 0) is 19.9 Å². The Bertz CT molecular complexity index is 1070. The van der Waals surface area contributed by atoms with E-state index in [0.717, 1.165) is 31.9 Å². The predicted molar refractivity (Wildman–Crippen MR) is 111 cm³/mol. The minimum absolute atomic E-state index is 0.136. The zero-order valence-corrected chi connectivity index (χ0v) is 17.8. The summed E-state index contributed by atoms with van der Waals surface area (Å²) in [7, 11) is -6.86. The highest BCUT2D eigenvalue weighted by Crippen LogP contribution is 2.22. The van der Waals surface area contributed by atoms with Crippen LogP contribution in [0.5, 0.6) is 0 Å². The number of sulfonamides is 1. The number of rotatable bonds is 5. The van der Waals surface area contributed by atoms with E-state index in [1.165, 1.54) is 40.7 Å². The fraction of sp³-hybridized carbons (Fsp3) is 0.350. The molecule has 1 aliphatic heterocycles. The summed E-state index contributed by atoms with van der Waals surface area (Å²) in [5, 5.41) is 2.69. The van der Waals surface area contributed by atoms with E-state index >= 15 is 0 Å². The summed E-state index contributed by atoms with van der Waals surface area (Å²) in [6.07, 6.45) is 4.92. The van der Waals surface area contributed by atoms with Crippen molar-refractivity contribution in [3.8, 4) is 0 Å². The van der Waals surface area contributed by atoms with Crippen molar-refractivity contribution in [2.45, 2.75) is 35.5 Å². The van der Waals surface area contributed by atoms with Crippen molar-refractivity contribution >= 4 is 31.5 Å². The molecule has 1 heterocycles. The number of anilines is 1. The minimum atomic E-state index is -3.54. The third kappa shape index (κ3) is 5.23. The molecule has 1 aliphatic rings. The number of nitrogens with one attached hydrogen (secondary N) is 1. The molecule has 2 aromatic rings. The van der Waals surface area contributed by atoms with Gasteiger partial charge in [-0.2, -0.15) is 4.31 Å². The first-order valence-electron chi connectivity index (χ1n) is 9.40. The van der Waals surface area contributed by atoms with Crippen LogP contribution in [0.3, 0.4) is 0 Å². The van der Waals surface area contributed by atoms with Crippen molar-refractivity contribution in [3.05, 3.63) is 54.1 Å². The molecule has 1 fully saturated rings. The fourth-order valence-corrected chi connectivity index (χ4v) is 5.35. The first kappa shape index (κ1) is 21.5. The minimum Gasteiger partial charge on any atom is -0.322 e. The maximum atomic E-state index is 12.8. The molecule has 0 bridgehead atoms. The standard InChI is InChI=1S/C20H24N2O5S2/c1-28(24,25)18-10-6-16(7-11-18)20(23)21-17-8-12-19(13-9-17)29(26,27)22-14-4-2-3-5-15-22/h6-13H,2-5,14-15H2,1H3,(H,21,23). The van der Waals surface area contributed by atoms with Crippen molar-refractivity contribution in [1.29, 1.82) is 0 Å². The zero-order valence-electron chi connectivity index (χ0n) is 16.2. The summed E-state index contributed by atoms with van der Waals surface area (Å²) in [4.78, 5) is 12.7. The van der Waals surface area contributed by atoms with Gasteiger partial charge in [0, 0.05) is 30.6 Å². The summed E-state index contributed by atoms with van der Waals surface area (Å²) in [5.74, 6) is -0.409. The number of nitrogens with zero attached hydrogens (tertiary/aromatic N) is 1. The molecule has 1 N–H and O–H groups in total. The highest BCUT2D eigenvalue weighted by Gasteiger charge is 2.25. The van der Waals surface area contributed by atoms with Crippen LogP contribution < -0.4 is 5.32 Å². The van der Waals surface area contributed by atoms with E-state index in [9.17, 15) is 21.6 Å². The first-order chi connectivity index (χ1) is 13.7. The second kappa shape index (κ2) is 8.64. The molecule has 9 heteroatoms. The smallest absolute Gasteiger partial charge is 0.255 e. The van der Waals surface area contributed by atoms with Gasteiger partial charge < -0.3 is 5.32 Å². The Hall–Kier alpha value is -2.23. The number of amides is 1. The molecule has 3 rings (SSSR count). The highest BCUT2D eigenvalue weighted by atomic mass is 32.2. The maximum absolute atomic E-state index is 12.8. The van der Waals surface area contributed by atoms with Crippen LogP contribution in [0.15, 0.2) is 58.3 Å². The van der Waals surface area contributed by atoms with Crippen LogP contribution in [-0.4, -0.2) is 46.4 Å². The lowest BCUT2D eigenvalue weighted by Crippen LogP contribution is -2.31. The number of carbonyl (C=O) groups excluding carboxylic acids is 1. The number of benzene rings is 2. The normalized spacial score (nSPS) is 16.2. The van der Waals surface area contributed by atoms with Gasteiger partial charge in [0.15, 0.2) is 9.84 Å². The summed E-state index contributed by atoms with van der Waals surface area (Å²) in [5.41, 5.74) is 0.760. The van der Waals surface area contributed by atoms with Crippen LogP contribution in [0, 0.1) is 0 Å². The average molecular weight is 437 g/mol. The van der Waals surface area contributed by atoms with E-state index in [4.69, 9.17) is 0 Å². The lowest BCUT2D eigenvalue weighted by Gasteiger charge is -2.20. The summed E-state index contributed by atoms with van der Waals surface area (Å²) in [6.45, 7) is 1.06. The van der Waals surface area contributed by atoms with Crippen LogP contribution in [0.4, 0.5) is 5.69 Å². The van der Waals surface area contributed by atoms with Gasteiger partial charge in [0.2, 0.25) is 10.0 Å². The number of sulfone groups is 1. The van der Waals surface area contributed by atoms with Gasteiger partial charge in [-0.1, -0.05) is 12.8 Å². The Labute approximate surface area is 171 Å². The van der Waals surface area contributed by atoms with Crippen molar-refractivity contribution in [1.82, 2.24) is 4.31 Å². The van der Waals surface area contributed by atoms with E-state index in [0.29, 0.717) is 24.3 Å². The quantitative estimate of drug-likeness (QED) is 0.777. The lowest BCUT2D eigenvalue weighted by molar-refractivity contribution is 0.102. The average Bonchev–Trinajstić information content (AvgIpc) is 2.98. The largest absolute Gasteiger partial charge is 0.322 e. The molecule has 0 aromatic heterocycles. The van der Waals surface area contributed by atoms with Gasteiger partial charge in [0.25, 0.3) is 5.91 Å². The van der Waals surface area contributed by atoms with Gasteiger partial charge in [-0.05, 0) is 61.4 Å². The molecule has 29 heavy (non-hydrogen) atoms. The monoisotopic (exact) mass is 436 g/mol. The van der Waals surface area contributed by atoms with Gasteiger partial charge in [0.05, 0.1) is 9.79 Å². The number of hydrogen-bond acceptors (Lipinski definition) is 5. The summed E-state index contributed by atoms with van der Waals surface area (Å²) >= 11 is 0. The molecule has 0 spiro atoms. The van der Waals surface area contributed by atoms with Crippen LogP contribution in [0.1, 0.15) is 36.0 Å². The number of carbonyl (C=O) groups is 1. The van der Waals surface area contributed by atoms with Crippen LogP contribution >= 0.6 is 0 Å². The molecule has 0 radical (unpaired) electrons. The topological polar surface area (TPSA) is 101 Å². The maximum Gasteiger partial charge on any atom is 0.255 e. The lowest BCUT2D eigenvalue weighted by atomic mass is 10.2. The van der Waals surface area contributed by atoms with Gasteiger partial charge in [-0.25, -0.2) is 16.8 Å². The molecular formula is C20H24N2O5S2. The van der Waals surface area contributed by atoms with E-state index in [1.54, 1.807) is 12.1 Å². The first-order valence-corrected chi connectivity index (χ1v) is 12.7. The Morgan fingerprint density at radius 1 is 0.793 bits per heavy atom. The molecule has 0 atom stereocenters. The second-order valence-electron chi connectivity index (χ2n) is 7.09. The molecule has 0 saturated carbocycles. The Kier molecular flexibility index (Phi) is 6.40. The van der Waals surface area contributed by atoms with E-state index in [2.05, 4.69) is 5.32 Å². The predicted octanol–water partition coefficient (Wildman–Crippen LogP) is 2.91.